The molecule has 0 saturated carbocycles. The molecular formula is C22H17ClN2O5S. The highest BCUT2D eigenvalue weighted by atomic mass is 35.5. The zero-order valence-corrected chi connectivity index (χ0v) is 18.2. The molecule has 4 aromatic rings. The highest BCUT2D eigenvalue weighted by Crippen LogP contribution is 2.36. The van der Waals surface area contributed by atoms with Crippen molar-refractivity contribution in [1.82, 2.24) is 9.38 Å². The first kappa shape index (κ1) is 20.9. The van der Waals surface area contributed by atoms with E-state index >= 15 is 0 Å². The van der Waals surface area contributed by atoms with E-state index < -0.39 is 5.97 Å². The van der Waals surface area contributed by atoms with E-state index in [2.05, 4.69) is 4.98 Å². The molecule has 0 radical (unpaired) electrons. The number of carbonyl (C=O) groups excluding carboxylic acids is 1. The first-order valence-electron chi connectivity index (χ1n) is 9.16. The summed E-state index contributed by atoms with van der Waals surface area (Å²) in [5.41, 5.74) is 1.61. The molecule has 0 saturated heterocycles. The maximum Gasteiger partial charge on any atom is 0.331 e. The Balaban J connectivity index is 1.49. The van der Waals surface area contributed by atoms with Crippen molar-refractivity contribution in [2.24, 2.45) is 0 Å². The van der Waals surface area contributed by atoms with Crippen LogP contribution in [0.1, 0.15) is 11.3 Å². The van der Waals surface area contributed by atoms with Crippen molar-refractivity contribution >= 4 is 50.2 Å². The van der Waals surface area contributed by atoms with Gasteiger partial charge in [0.2, 0.25) is 0 Å². The molecule has 0 N–H and O–H groups in total. The summed E-state index contributed by atoms with van der Waals surface area (Å²) in [6.07, 6.45) is 2.82. The van der Waals surface area contributed by atoms with Gasteiger partial charge in [0.15, 0.2) is 16.5 Å². The number of hydrogen-bond acceptors (Lipinski definition) is 7. The lowest BCUT2D eigenvalue weighted by Crippen LogP contribution is -2.14. The summed E-state index contributed by atoms with van der Waals surface area (Å²) in [5, 5.41) is 0.358. The average Bonchev–Trinajstić information content (AvgIpc) is 3.14. The maximum atomic E-state index is 12.5. The zero-order chi connectivity index (χ0) is 22.0. The minimum Gasteiger partial charge on any atom is -0.493 e. The Morgan fingerprint density at radius 1 is 1.19 bits per heavy atom. The van der Waals surface area contributed by atoms with E-state index in [1.54, 1.807) is 22.6 Å². The number of methoxy groups -OCH3 is 2. The van der Waals surface area contributed by atoms with E-state index in [0.29, 0.717) is 32.7 Å². The highest BCUT2D eigenvalue weighted by molar-refractivity contribution is 7.23. The minimum absolute atomic E-state index is 0.115. The van der Waals surface area contributed by atoms with Crippen LogP contribution in [-0.2, 0) is 16.1 Å². The van der Waals surface area contributed by atoms with Gasteiger partial charge in [-0.1, -0.05) is 35.1 Å². The SMILES string of the molecule is COc1cc(/C=C/C(=O)OCc2cc(=O)n3c(n2)sc2ccccc23)cc(Cl)c1OC. The number of thiazole rings is 1. The van der Waals surface area contributed by atoms with E-state index in [-0.39, 0.29) is 12.2 Å². The number of fused-ring (bicyclic) bond motifs is 3. The van der Waals surface area contributed by atoms with Gasteiger partial charge in [-0.2, -0.15) is 0 Å². The molecule has 9 heteroatoms. The van der Waals surface area contributed by atoms with Crippen LogP contribution in [0.3, 0.4) is 0 Å². The first-order valence-corrected chi connectivity index (χ1v) is 10.4. The van der Waals surface area contributed by atoms with E-state index in [4.69, 9.17) is 25.8 Å². The molecule has 7 nitrogen and oxygen atoms in total. The van der Waals surface area contributed by atoms with E-state index in [9.17, 15) is 9.59 Å². The van der Waals surface area contributed by atoms with Crippen molar-refractivity contribution in [2.45, 2.75) is 6.61 Å². The van der Waals surface area contributed by atoms with Gasteiger partial charge in [-0.15, -0.1) is 0 Å². The van der Waals surface area contributed by atoms with Gasteiger partial charge >= 0.3 is 5.97 Å². The third-order valence-electron chi connectivity index (χ3n) is 4.48. The van der Waals surface area contributed by atoms with Crippen LogP contribution in [0.25, 0.3) is 21.3 Å². The molecule has 0 amide bonds. The predicted octanol–water partition coefficient (Wildman–Crippen LogP) is 4.34. The van der Waals surface area contributed by atoms with Crippen molar-refractivity contribution in [3.05, 3.63) is 75.2 Å². The smallest absolute Gasteiger partial charge is 0.331 e. The van der Waals surface area contributed by atoms with Crippen LogP contribution in [0, 0.1) is 0 Å². The number of carbonyl (C=O) groups is 1. The van der Waals surface area contributed by atoms with Gasteiger partial charge in [0, 0.05) is 12.1 Å². The molecule has 0 bridgehead atoms. The Kier molecular flexibility index (Phi) is 5.92. The second-order valence-corrected chi connectivity index (χ2v) is 7.87. The van der Waals surface area contributed by atoms with E-state index in [0.717, 1.165) is 10.2 Å². The fraction of sp³-hybridized carbons (Fsp3) is 0.136. The van der Waals surface area contributed by atoms with Crippen LogP contribution >= 0.6 is 22.9 Å². The van der Waals surface area contributed by atoms with Gasteiger partial charge in [-0.05, 0) is 35.9 Å². The molecule has 0 fully saturated rings. The minimum atomic E-state index is -0.579. The van der Waals surface area contributed by atoms with Gasteiger partial charge in [-0.3, -0.25) is 9.20 Å². The predicted molar refractivity (Wildman–Crippen MR) is 120 cm³/mol. The number of halogens is 1. The van der Waals surface area contributed by atoms with Crippen molar-refractivity contribution in [2.75, 3.05) is 14.2 Å². The summed E-state index contributed by atoms with van der Waals surface area (Å²) >= 11 is 7.57. The fourth-order valence-corrected chi connectivity index (χ4v) is 4.43. The summed E-state index contributed by atoms with van der Waals surface area (Å²) in [7, 11) is 2.99. The molecule has 0 aliphatic heterocycles. The lowest BCUT2D eigenvalue weighted by molar-refractivity contribution is -0.139. The van der Waals surface area contributed by atoms with Crippen molar-refractivity contribution in [1.29, 1.82) is 0 Å². The van der Waals surface area contributed by atoms with Crippen molar-refractivity contribution < 1.29 is 19.0 Å². The second-order valence-electron chi connectivity index (χ2n) is 6.45. The number of ether oxygens (including phenoxy) is 3. The van der Waals surface area contributed by atoms with Crippen molar-refractivity contribution in [3.63, 3.8) is 0 Å². The lowest BCUT2D eigenvalue weighted by Gasteiger charge is -2.10. The van der Waals surface area contributed by atoms with Gasteiger partial charge in [0.05, 0.1) is 35.2 Å². The number of rotatable bonds is 6. The molecule has 0 aliphatic carbocycles. The number of para-hydroxylation sites is 1. The molecule has 0 atom stereocenters. The van der Waals surface area contributed by atoms with Crippen molar-refractivity contribution in [3.8, 4) is 11.5 Å². The molecule has 2 aromatic heterocycles. The second kappa shape index (κ2) is 8.79. The topological polar surface area (TPSA) is 79.1 Å². The zero-order valence-electron chi connectivity index (χ0n) is 16.6. The average molecular weight is 457 g/mol. The number of benzene rings is 2. The quantitative estimate of drug-likeness (QED) is 0.317. The number of aromatic nitrogens is 2. The van der Waals surface area contributed by atoms with Crippen LogP contribution in [0.4, 0.5) is 0 Å². The molecule has 0 spiro atoms. The van der Waals surface area contributed by atoms with Crippen LogP contribution in [0.2, 0.25) is 5.02 Å². The van der Waals surface area contributed by atoms with Gasteiger partial charge in [0.25, 0.3) is 5.56 Å². The number of nitrogens with zero attached hydrogens (tertiary/aromatic N) is 2. The van der Waals surface area contributed by atoms with E-state index in [1.807, 2.05) is 24.3 Å². The molecule has 158 valence electrons. The van der Waals surface area contributed by atoms with Gasteiger partial charge < -0.3 is 14.2 Å². The number of hydrogen-bond donors (Lipinski definition) is 0. The molecule has 4 rings (SSSR count). The number of esters is 1. The Bertz CT molecular complexity index is 1380. The Morgan fingerprint density at radius 3 is 2.77 bits per heavy atom. The van der Waals surface area contributed by atoms with Crippen LogP contribution in [0.5, 0.6) is 11.5 Å². The maximum absolute atomic E-state index is 12.5. The molecule has 0 unspecified atom stereocenters. The highest BCUT2D eigenvalue weighted by Gasteiger charge is 2.12. The van der Waals surface area contributed by atoms with Gasteiger partial charge in [-0.25, -0.2) is 9.78 Å². The van der Waals surface area contributed by atoms with Gasteiger partial charge in [0.1, 0.15) is 6.61 Å². The first-order chi connectivity index (χ1) is 15.0. The Morgan fingerprint density at radius 2 is 2.00 bits per heavy atom. The Hall–Kier alpha value is -3.36. The third kappa shape index (κ3) is 4.26. The lowest BCUT2D eigenvalue weighted by atomic mass is 10.2. The monoisotopic (exact) mass is 456 g/mol. The standard InChI is InChI=1S/C22H17ClN2O5S/c1-28-17-10-13(9-15(23)21(17)29-2)7-8-20(27)30-12-14-11-19(26)25-16-5-3-4-6-18(16)31-22(25)24-14/h3-11H,12H2,1-2H3/b8-7+. The summed E-state index contributed by atoms with van der Waals surface area (Å²) in [4.78, 5) is 29.7. The normalized spacial score (nSPS) is 11.3. The van der Waals surface area contributed by atoms with Crippen LogP contribution < -0.4 is 15.0 Å². The molecular weight excluding hydrogens is 440 g/mol. The molecule has 0 aliphatic rings. The summed E-state index contributed by atoms with van der Waals surface area (Å²) in [6, 6.07) is 12.3. The Labute approximate surface area is 186 Å². The fourth-order valence-electron chi connectivity index (χ4n) is 3.09. The summed E-state index contributed by atoms with van der Waals surface area (Å²) in [5.74, 6) is 0.284. The molecule has 31 heavy (non-hydrogen) atoms. The summed E-state index contributed by atoms with van der Waals surface area (Å²) < 4.78 is 18.2. The van der Waals surface area contributed by atoms with E-state index in [1.165, 1.54) is 37.7 Å². The molecule has 2 aromatic carbocycles. The third-order valence-corrected chi connectivity index (χ3v) is 5.78. The van der Waals surface area contributed by atoms with Crippen LogP contribution in [-0.4, -0.2) is 29.6 Å². The van der Waals surface area contributed by atoms with Crippen LogP contribution in [0.15, 0.2) is 53.3 Å². The largest absolute Gasteiger partial charge is 0.493 e. The molecule has 2 heterocycles. The summed E-state index contributed by atoms with van der Waals surface area (Å²) in [6.45, 7) is -0.115.